The van der Waals surface area contributed by atoms with E-state index in [-0.39, 0.29) is 5.78 Å². The van der Waals surface area contributed by atoms with E-state index in [1.165, 1.54) is 0 Å². The molecule has 0 amide bonds. The molecule has 0 heterocycles. The number of rotatable bonds is 7. The van der Waals surface area contributed by atoms with Gasteiger partial charge in [-0.2, -0.15) is 0 Å². The Morgan fingerprint density at radius 3 is 2.18 bits per heavy atom. The number of ketones is 1. The lowest BCUT2D eigenvalue weighted by molar-refractivity contribution is -0.144. The summed E-state index contributed by atoms with van der Waals surface area (Å²) in [6.07, 6.45) is 1.94. The molecule has 17 heavy (non-hydrogen) atoms. The highest BCUT2D eigenvalue weighted by Crippen LogP contribution is 2.23. The number of carbonyl (C=O) groups is 1. The van der Waals surface area contributed by atoms with Gasteiger partial charge in [0, 0.05) is 13.0 Å². The first-order chi connectivity index (χ1) is 8.18. The van der Waals surface area contributed by atoms with Crippen molar-refractivity contribution in [3.05, 3.63) is 35.9 Å². The van der Waals surface area contributed by atoms with Gasteiger partial charge in [-0.3, -0.25) is 4.79 Å². The molecule has 94 valence electrons. The van der Waals surface area contributed by atoms with Gasteiger partial charge in [0.2, 0.25) is 0 Å². The van der Waals surface area contributed by atoms with E-state index in [1.807, 2.05) is 51.1 Å². The van der Waals surface area contributed by atoms with Gasteiger partial charge in [-0.1, -0.05) is 44.2 Å². The number of ether oxygens (including phenoxy) is 1. The summed E-state index contributed by atoms with van der Waals surface area (Å²) in [5.41, 5.74) is 0.466. The Kier molecular flexibility index (Phi) is 5.36. The van der Waals surface area contributed by atoms with Crippen LogP contribution in [0.2, 0.25) is 0 Å². The van der Waals surface area contributed by atoms with Crippen molar-refractivity contribution in [3.8, 4) is 0 Å². The Hall–Kier alpha value is -1.15. The molecule has 0 aliphatic rings. The van der Waals surface area contributed by atoms with Gasteiger partial charge < -0.3 is 4.74 Å². The molecule has 1 aromatic carbocycles. The van der Waals surface area contributed by atoms with Gasteiger partial charge in [0.15, 0.2) is 5.78 Å². The van der Waals surface area contributed by atoms with Crippen LogP contribution in [0.1, 0.15) is 39.2 Å². The SMILES string of the molecule is CCOC(CC)(CC)C(=O)Cc1ccccc1. The molecule has 0 saturated carbocycles. The minimum atomic E-state index is -0.593. The van der Waals surface area contributed by atoms with E-state index >= 15 is 0 Å². The maximum atomic E-state index is 12.4. The van der Waals surface area contributed by atoms with E-state index in [2.05, 4.69) is 0 Å². The van der Waals surface area contributed by atoms with Gasteiger partial charge in [-0.25, -0.2) is 0 Å². The second kappa shape index (κ2) is 6.55. The number of hydrogen-bond donors (Lipinski definition) is 0. The van der Waals surface area contributed by atoms with E-state index in [0.717, 1.165) is 18.4 Å². The molecule has 0 fully saturated rings. The van der Waals surface area contributed by atoms with Crippen LogP contribution in [-0.4, -0.2) is 18.0 Å². The van der Waals surface area contributed by atoms with Crippen LogP contribution in [0, 0.1) is 0 Å². The fraction of sp³-hybridized carbons (Fsp3) is 0.533. The number of hydrogen-bond acceptors (Lipinski definition) is 2. The predicted octanol–water partition coefficient (Wildman–Crippen LogP) is 3.39. The standard InChI is InChI=1S/C15H22O2/c1-4-15(5-2,17-6-3)14(16)12-13-10-8-7-9-11-13/h7-11H,4-6,12H2,1-3H3. The van der Waals surface area contributed by atoms with Crippen LogP contribution in [-0.2, 0) is 16.0 Å². The van der Waals surface area contributed by atoms with Crippen molar-refractivity contribution in [2.45, 2.75) is 45.6 Å². The maximum absolute atomic E-state index is 12.4. The molecule has 1 aromatic rings. The van der Waals surface area contributed by atoms with Crippen molar-refractivity contribution < 1.29 is 9.53 Å². The highest BCUT2D eigenvalue weighted by molar-refractivity contribution is 5.89. The lowest BCUT2D eigenvalue weighted by Crippen LogP contribution is -2.41. The second-order valence-corrected chi connectivity index (χ2v) is 4.22. The minimum Gasteiger partial charge on any atom is -0.368 e. The molecule has 0 spiro atoms. The Morgan fingerprint density at radius 1 is 1.12 bits per heavy atom. The van der Waals surface area contributed by atoms with Gasteiger partial charge in [0.05, 0.1) is 0 Å². The van der Waals surface area contributed by atoms with Gasteiger partial charge in [0.25, 0.3) is 0 Å². The number of Topliss-reactive ketones (excluding diaryl/α,β-unsaturated/α-hetero) is 1. The van der Waals surface area contributed by atoms with Gasteiger partial charge >= 0.3 is 0 Å². The van der Waals surface area contributed by atoms with Gasteiger partial charge in [-0.05, 0) is 25.3 Å². The summed E-state index contributed by atoms with van der Waals surface area (Å²) in [6, 6.07) is 9.86. The highest BCUT2D eigenvalue weighted by atomic mass is 16.5. The second-order valence-electron chi connectivity index (χ2n) is 4.22. The minimum absolute atomic E-state index is 0.190. The number of benzene rings is 1. The van der Waals surface area contributed by atoms with Crippen LogP contribution < -0.4 is 0 Å². The van der Waals surface area contributed by atoms with Crippen LogP contribution >= 0.6 is 0 Å². The summed E-state index contributed by atoms with van der Waals surface area (Å²) in [5.74, 6) is 0.190. The monoisotopic (exact) mass is 234 g/mol. The number of carbonyl (C=O) groups excluding carboxylic acids is 1. The topological polar surface area (TPSA) is 26.3 Å². The zero-order valence-corrected chi connectivity index (χ0v) is 11.0. The third kappa shape index (κ3) is 3.40. The zero-order chi connectivity index (χ0) is 12.7. The van der Waals surface area contributed by atoms with E-state index in [9.17, 15) is 4.79 Å². The average molecular weight is 234 g/mol. The van der Waals surface area contributed by atoms with Crippen molar-refractivity contribution >= 4 is 5.78 Å². The Labute approximate surface area is 104 Å². The first-order valence-corrected chi connectivity index (χ1v) is 6.39. The molecule has 2 heteroatoms. The molecule has 0 radical (unpaired) electrons. The Balaban J connectivity index is 2.79. The van der Waals surface area contributed by atoms with Gasteiger partial charge in [0.1, 0.15) is 5.60 Å². The molecule has 0 bridgehead atoms. The van der Waals surface area contributed by atoms with Crippen LogP contribution in [0.25, 0.3) is 0 Å². The predicted molar refractivity (Wildman–Crippen MR) is 70.1 cm³/mol. The van der Waals surface area contributed by atoms with E-state index in [4.69, 9.17) is 4.74 Å². The van der Waals surface area contributed by atoms with Crippen LogP contribution in [0.15, 0.2) is 30.3 Å². The molecular formula is C15H22O2. The summed E-state index contributed by atoms with van der Waals surface area (Å²) in [6.45, 7) is 6.56. The molecule has 0 unspecified atom stereocenters. The first kappa shape index (κ1) is 13.9. The lowest BCUT2D eigenvalue weighted by Gasteiger charge is -2.30. The van der Waals surface area contributed by atoms with Crippen LogP contribution in [0.5, 0.6) is 0 Å². The molecule has 0 aromatic heterocycles. The third-order valence-corrected chi connectivity index (χ3v) is 3.28. The quantitative estimate of drug-likeness (QED) is 0.723. The summed E-state index contributed by atoms with van der Waals surface area (Å²) >= 11 is 0. The van der Waals surface area contributed by atoms with Gasteiger partial charge in [-0.15, -0.1) is 0 Å². The molecule has 0 aliphatic carbocycles. The molecule has 0 aliphatic heterocycles. The summed E-state index contributed by atoms with van der Waals surface area (Å²) in [7, 11) is 0. The summed E-state index contributed by atoms with van der Waals surface area (Å²) < 4.78 is 5.71. The van der Waals surface area contributed by atoms with Crippen molar-refractivity contribution in [1.29, 1.82) is 0 Å². The maximum Gasteiger partial charge on any atom is 0.168 e. The largest absolute Gasteiger partial charge is 0.368 e. The highest BCUT2D eigenvalue weighted by Gasteiger charge is 2.34. The molecular weight excluding hydrogens is 212 g/mol. The molecule has 0 N–H and O–H groups in total. The third-order valence-electron chi connectivity index (χ3n) is 3.28. The van der Waals surface area contributed by atoms with Crippen molar-refractivity contribution in [3.63, 3.8) is 0 Å². The van der Waals surface area contributed by atoms with E-state index < -0.39 is 5.60 Å². The molecule has 0 atom stereocenters. The zero-order valence-electron chi connectivity index (χ0n) is 11.0. The normalized spacial score (nSPS) is 11.5. The Morgan fingerprint density at radius 2 is 1.71 bits per heavy atom. The van der Waals surface area contributed by atoms with E-state index in [1.54, 1.807) is 0 Å². The lowest BCUT2D eigenvalue weighted by atomic mass is 9.88. The Bertz CT molecular complexity index is 339. The van der Waals surface area contributed by atoms with Crippen LogP contribution in [0.4, 0.5) is 0 Å². The van der Waals surface area contributed by atoms with Crippen molar-refractivity contribution in [2.24, 2.45) is 0 Å². The smallest absolute Gasteiger partial charge is 0.168 e. The first-order valence-electron chi connectivity index (χ1n) is 6.39. The summed E-state index contributed by atoms with van der Waals surface area (Å²) in [5, 5.41) is 0. The van der Waals surface area contributed by atoms with E-state index in [0.29, 0.717) is 13.0 Å². The summed E-state index contributed by atoms with van der Waals surface area (Å²) in [4.78, 5) is 12.4. The molecule has 0 saturated heterocycles. The fourth-order valence-electron chi connectivity index (χ4n) is 2.15. The molecule has 2 nitrogen and oxygen atoms in total. The van der Waals surface area contributed by atoms with Crippen LogP contribution in [0.3, 0.4) is 0 Å². The van der Waals surface area contributed by atoms with Crippen molar-refractivity contribution in [2.75, 3.05) is 6.61 Å². The van der Waals surface area contributed by atoms with Crippen molar-refractivity contribution in [1.82, 2.24) is 0 Å². The average Bonchev–Trinajstić information content (AvgIpc) is 2.37. The molecule has 1 rings (SSSR count). The fourth-order valence-corrected chi connectivity index (χ4v) is 2.15.